The summed E-state index contributed by atoms with van der Waals surface area (Å²) in [6, 6.07) is 22.8. The first-order chi connectivity index (χ1) is 14.7. The molecule has 2 aromatic carbocycles. The summed E-state index contributed by atoms with van der Waals surface area (Å²) in [5.41, 5.74) is 4.39. The van der Waals surface area contributed by atoms with Gasteiger partial charge in [0.2, 0.25) is 0 Å². The van der Waals surface area contributed by atoms with Crippen molar-refractivity contribution in [1.29, 1.82) is 0 Å². The van der Waals surface area contributed by atoms with E-state index in [2.05, 4.69) is 20.5 Å². The minimum Gasteiger partial charge on any atom is -0.388 e. The smallest absolute Gasteiger partial charge is 0.259 e. The molecule has 1 unspecified atom stereocenters. The molecule has 0 saturated carbocycles. The number of benzene rings is 2. The fourth-order valence-corrected chi connectivity index (χ4v) is 3.26. The van der Waals surface area contributed by atoms with E-state index in [9.17, 15) is 9.90 Å². The standard InChI is InChI=1S/C24H22N4O2/c29-22(18-6-2-1-3-7-18)14-11-17-9-12-19(13-10-17)27-24(30)20-16-26-28-23(20)21-8-4-5-15-25-21/h1-10,12-13,15-16,22,29H,11,14H2,(H,26,28)(H,27,30). The van der Waals surface area contributed by atoms with E-state index in [4.69, 9.17) is 0 Å². The number of amides is 1. The van der Waals surface area contributed by atoms with Gasteiger partial charge < -0.3 is 10.4 Å². The number of aliphatic hydroxyl groups is 1. The molecule has 30 heavy (non-hydrogen) atoms. The first-order valence-electron chi connectivity index (χ1n) is 9.79. The van der Waals surface area contributed by atoms with Crippen LogP contribution in [0.5, 0.6) is 0 Å². The fraction of sp³-hybridized carbons (Fsp3) is 0.125. The van der Waals surface area contributed by atoms with Crippen molar-refractivity contribution in [2.45, 2.75) is 18.9 Å². The minimum absolute atomic E-state index is 0.253. The Bertz CT molecular complexity index is 1090. The number of nitrogens with zero attached hydrogens (tertiary/aromatic N) is 2. The van der Waals surface area contributed by atoms with Gasteiger partial charge in [-0.3, -0.25) is 14.9 Å². The summed E-state index contributed by atoms with van der Waals surface area (Å²) in [7, 11) is 0. The van der Waals surface area contributed by atoms with Gasteiger partial charge in [-0.1, -0.05) is 48.5 Å². The molecule has 1 amide bonds. The number of H-pyrrole nitrogens is 1. The van der Waals surface area contributed by atoms with Gasteiger partial charge in [-0.05, 0) is 48.2 Å². The predicted molar refractivity (Wildman–Crippen MR) is 116 cm³/mol. The number of hydrogen-bond acceptors (Lipinski definition) is 4. The summed E-state index contributed by atoms with van der Waals surface area (Å²) in [6.45, 7) is 0. The molecular formula is C24H22N4O2. The molecule has 0 aliphatic heterocycles. The lowest BCUT2D eigenvalue weighted by Gasteiger charge is -2.11. The van der Waals surface area contributed by atoms with Crippen molar-refractivity contribution in [2.24, 2.45) is 0 Å². The minimum atomic E-state index is -0.489. The topological polar surface area (TPSA) is 90.9 Å². The Hall–Kier alpha value is -3.77. The number of aliphatic hydroxyl groups excluding tert-OH is 1. The second kappa shape index (κ2) is 9.15. The van der Waals surface area contributed by atoms with Crippen molar-refractivity contribution in [2.75, 3.05) is 5.32 Å². The van der Waals surface area contributed by atoms with Crippen LogP contribution in [0.2, 0.25) is 0 Å². The lowest BCUT2D eigenvalue weighted by Crippen LogP contribution is -2.12. The van der Waals surface area contributed by atoms with Crippen LogP contribution in [-0.4, -0.2) is 26.2 Å². The number of nitrogens with one attached hydrogen (secondary N) is 2. The Balaban J connectivity index is 1.37. The molecule has 0 spiro atoms. The third-order valence-corrected chi connectivity index (χ3v) is 4.91. The molecule has 0 radical (unpaired) electrons. The first kappa shape index (κ1) is 19.5. The highest BCUT2D eigenvalue weighted by Crippen LogP contribution is 2.22. The number of anilines is 1. The number of aromatic amines is 1. The Morgan fingerprint density at radius 2 is 1.77 bits per heavy atom. The number of aromatic nitrogens is 3. The molecule has 0 aliphatic carbocycles. The van der Waals surface area contributed by atoms with Crippen molar-refractivity contribution < 1.29 is 9.90 Å². The van der Waals surface area contributed by atoms with Gasteiger partial charge in [0.25, 0.3) is 5.91 Å². The highest BCUT2D eigenvalue weighted by molar-refractivity contribution is 6.07. The van der Waals surface area contributed by atoms with Gasteiger partial charge in [0.15, 0.2) is 0 Å². The maximum absolute atomic E-state index is 12.7. The molecule has 0 fully saturated rings. The van der Waals surface area contributed by atoms with E-state index in [0.717, 1.165) is 17.5 Å². The molecule has 150 valence electrons. The maximum atomic E-state index is 12.7. The molecule has 2 heterocycles. The van der Waals surface area contributed by atoms with E-state index in [1.807, 2.05) is 72.8 Å². The van der Waals surface area contributed by atoms with E-state index in [1.165, 1.54) is 6.20 Å². The van der Waals surface area contributed by atoms with Crippen molar-refractivity contribution >= 4 is 11.6 Å². The number of carbonyl (C=O) groups excluding carboxylic acids is 1. The molecule has 4 aromatic rings. The van der Waals surface area contributed by atoms with Crippen LogP contribution in [0.25, 0.3) is 11.4 Å². The highest BCUT2D eigenvalue weighted by Gasteiger charge is 2.16. The molecule has 0 saturated heterocycles. The Morgan fingerprint density at radius 1 is 1.00 bits per heavy atom. The zero-order valence-electron chi connectivity index (χ0n) is 16.3. The van der Waals surface area contributed by atoms with E-state index in [0.29, 0.717) is 29.1 Å². The summed E-state index contributed by atoms with van der Waals surface area (Å²) >= 11 is 0. The lowest BCUT2D eigenvalue weighted by molar-refractivity contribution is 0.102. The van der Waals surface area contributed by atoms with Crippen LogP contribution in [0.1, 0.15) is 34.0 Å². The van der Waals surface area contributed by atoms with Crippen LogP contribution in [0.4, 0.5) is 5.69 Å². The van der Waals surface area contributed by atoms with Crippen molar-refractivity contribution in [3.63, 3.8) is 0 Å². The van der Waals surface area contributed by atoms with Crippen molar-refractivity contribution in [3.8, 4) is 11.4 Å². The van der Waals surface area contributed by atoms with E-state index in [-0.39, 0.29) is 5.91 Å². The molecule has 3 N–H and O–H groups in total. The lowest BCUT2D eigenvalue weighted by atomic mass is 10.0. The Kier molecular flexibility index (Phi) is 5.96. The number of rotatable bonds is 7. The third kappa shape index (κ3) is 4.61. The number of pyridine rings is 1. The Labute approximate surface area is 174 Å². The van der Waals surface area contributed by atoms with Crippen LogP contribution in [0.3, 0.4) is 0 Å². The number of aryl methyl sites for hydroxylation is 1. The second-order valence-corrected chi connectivity index (χ2v) is 6.99. The Morgan fingerprint density at radius 3 is 2.50 bits per heavy atom. The zero-order chi connectivity index (χ0) is 20.8. The maximum Gasteiger partial charge on any atom is 0.259 e. The number of hydrogen-bond donors (Lipinski definition) is 3. The van der Waals surface area contributed by atoms with Gasteiger partial charge in [-0.15, -0.1) is 0 Å². The molecule has 0 bridgehead atoms. The molecule has 4 rings (SSSR count). The van der Waals surface area contributed by atoms with E-state index in [1.54, 1.807) is 6.20 Å². The molecule has 1 atom stereocenters. The quantitative estimate of drug-likeness (QED) is 0.431. The molecular weight excluding hydrogens is 376 g/mol. The van der Waals surface area contributed by atoms with Gasteiger partial charge >= 0.3 is 0 Å². The molecule has 0 aliphatic rings. The van der Waals surface area contributed by atoms with Crippen molar-refractivity contribution in [3.05, 3.63) is 102 Å². The summed E-state index contributed by atoms with van der Waals surface area (Å²) in [6.07, 6.45) is 4.06. The van der Waals surface area contributed by atoms with Crippen LogP contribution in [-0.2, 0) is 6.42 Å². The summed E-state index contributed by atoms with van der Waals surface area (Å²) in [4.78, 5) is 17.0. The predicted octanol–water partition coefficient (Wildman–Crippen LogP) is 4.39. The molecule has 6 heteroatoms. The van der Waals surface area contributed by atoms with Gasteiger partial charge in [-0.25, -0.2) is 0 Å². The number of carbonyl (C=O) groups is 1. The van der Waals surface area contributed by atoms with Crippen LogP contribution in [0.15, 0.2) is 85.2 Å². The summed E-state index contributed by atoms with van der Waals surface area (Å²) < 4.78 is 0. The van der Waals surface area contributed by atoms with Gasteiger partial charge in [0.05, 0.1) is 29.3 Å². The van der Waals surface area contributed by atoms with E-state index >= 15 is 0 Å². The SMILES string of the molecule is O=C(Nc1ccc(CCC(O)c2ccccc2)cc1)c1cn[nH]c1-c1ccccn1. The highest BCUT2D eigenvalue weighted by atomic mass is 16.3. The van der Waals surface area contributed by atoms with Crippen LogP contribution >= 0.6 is 0 Å². The van der Waals surface area contributed by atoms with Gasteiger partial charge in [-0.2, -0.15) is 5.10 Å². The average Bonchev–Trinajstić information content (AvgIpc) is 3.30. The average molecular weight is 398 g/mol. The molecule has 2 aromatic heterocycles. The fourth-order valence-electron chi connectivity index (χ4n) is 3.26. The van der Waals surface area contributed by atoms with Gasteiger partial charge in [0, 0.05) is 11.9 Å². The zero-order valence-corrected chi connectivity index (χ0v) is 16.3. The second-order valence-electron chi connectivity index (χ2n) is 6.99. The first-order valence-corrected chi connectivity index (χ1v) is 9.79. The van der Waals surface area contributed by atoms with Gasteiger partial charge in [0.1, 0.15) is 0 Å². The monoisotopic (exact) mass is 398 g/mol. The molecule has 6 nitrogen and oxygen atoms in total. The van der Waals surface area contributed by atoms with E-state index < -0.39 is 6.10 Å². The third-order valence-electron chi connectivity index (χ3n) is 4.91. The largest absolute Gasteiger partial charge is 0.388 e. The van der Waals surface area contributed by atoms with Crippen LogP contribution in [0, 0.1) is 0 Å². The normalized spacial score (nSPS) is 11.8. The van der Waals surface area contributed by atoms with Crippen molar-refractivity contribution in [1.82, 2.24) is 15.2 Å². The summed E-state index contributed by atoms with van der Waals surface area (Å²) in [5.74, 6) is -0.253. The summed E-state index contributed by atoms with van der Waals surface area (Å²) in [5, 5.41) is 20.0. The van der Waals surface area contributed by atoms with Crippen LogP contribution < -0.4 is 5.32 Å².